The Balaban J connectivity index is 2.51. The van der Waals surface area contributed by atoms with Crippen molar-refractivity contribution < 1.29 is 18.3 Å². The summed E-state index contributed by atoms with van der Waals surface area (Å²) in [6.07, 6.45) is 0.300. The third-order valence-electron chi connectivity index (χ3n) is 3.70. The number of aromatic nitrogens is 3. The molecular formula is C16H21ClN6O4S2. The van der Waals surface area contributed by atoms with Crippen molar-refractivity contribution in [2.45, 2.75) is 35.3 Å². The molecule has 0 radical (unpaired) electrons. The molecule has 0 saturated heterocycles. The Bertz CT molecular complexity index is 1030. The number of thioether (sulfide) groups is 1. The maximum absolute atomic E-state index is 13.0. The van der Waals surface area contributed by atoms with E-state index in [1.165, 1.54) is 12.1 Å². The number of nitrogens with one attached hydrogen (secondary N) is 1. The van der Waals surface area contributed by atoms with E-state index in [2.05, 4.69) is 19.7 Å². The second-order valence-electron chi connectivity index (χ2n) is 6.22. The molecule has 158 valence electrons. The van der Waals surface area contributed by atoms with Gasteiger partial charge in [0, 0.05) is 24.0 Å². The van der Waals surface area contributed by atoms with Crippen LogP contribution in [0.2, 0.25) is 5.02 Å². The standard InChI is InChI=1S/C16H21ClN6O4S2/c1-5-10(13(24)25)28-11-7-9(17)8(2)6-12(11)29(26,27)22-15-19-14(18)20-16(21-15)23(3)4/h6-7,10H,5H2,1-4H3,(H,24,25)(H3,18,19,20,21,22)/t10-/m0/s1. The largest absolute Gasteiger partial charge is 0.480 e. The molecule has 0 aliphatic rings. The summed E-state index contributed by atoms with van der Waals surface area (Å²) >= 11 is 7.05. The van der Waals surface area contributed by atoms with E-state index in [1.807, 2.05) is 0 Å². The number of sulfonamides is 1. The van der Waals surface area contributed by atoms with Gasteiger partial charge in [-0.2, -0.15) is 15.0 Å². The highest BCUT2D eigenvalue weighted by Gasteiger charge is 2.26. The van der Waals surface area contributed by atoms with Gasteiger partial charge >= 0.3 is 5.97 Å². The highest BCUT2D eigenvalue weighted by Crippen LogP contribution is 2.36. The van der Waals surface area contributed by atoms with Crippen LogP contribution in [0.4, 0.5) is 17.8 Å². The summed E-state index contributed by atoms with van der Waals surface area (Å²) in [6.45, 7) is 3.35. The fourth-order valence-electron chi connectivity index (χ4n) is 2.20. The van der Waals surface area contributed by atoms with Crippen molar-refractivity contribution in [3.8, 4) is 0 Å². The van der Waals surface area contributed by atoms with E-state index in [0.717, 1.165) is 11.8 Å². The van der Waals surface area contributed by atoms with Gasteiger partial charge in [0.1, 0.15) is 10.1 Å². The number of hydrogen-bond donors (Lipinski definition) is 3. The second kappa shape index (κ2) is 9.01. The molecule has 13 heteroatoms. The molecule has 0 bridgehead atoms. The topological polar surface area (TPSA) is 151 Å². The van der Waals surface area contributed by atoms with E-state index >= 15 is 0 Å². The van der Waals surface area contributed by atoms with Crippen molar-refractivity contribution in [1.29, 1.82) is 0 Å². The molecule has 0 spiro atoms. The SMILES string of the molecule is CC[C@H](Sc1cc(Cl)c(C)cc1S(=O)(=O)Nc1nc(N)nc(N(C)C)n1)C(=O)O. The van der Waals surface area contributed by atoms with Crippen LogP contribution < -0.4 is 15.4 Å². The quantitative estimate of drug-likeness (QED) is 0.500. The number of benzene rings is 1. The van der Waals surface area contributed by atoms with Gasteiger partial charge in [-0.15, -0.1) is 11.8 Å². The van der Waals surface area contributed by atoms with E-state index in [4.69, 9.17) is 17.3 Å². The normalized spacial score (nSPS) is 12.4. The third-order valence-corrected chi connectivity index (χ3v) is 7.01. The van der Waals surface area contributed by atoms with Gasteiger partial charge in [-0.3, -0.25) is 4.79 Å². The predicted octanol–water partition coefficient (Wildman–Crippen LogP) is 2.24. The number of nitrogens with two attached hydrogens (primary N) is 1. The number of nitrogens with zero attached hydrogens (tertiary/aromatic N) is 4. The lowest BCUT2D eigenvalue weighted by molar-refractivity contribution is -0.136. The molecule has 0 amide bonds. The number of aryl methyl sites for hydroxylation is 1. The fourth-order valence-corrected chi connectivity index (χ4v) is 4.94. The van der Waals surface area contributed by atoms with Crippen molar-refractivity contribution >= 4 is 57.2 Å². The monoisotopic (exact) mass is 460 g/mol. The Morgan fingerprint density at radius 1 is 1.34 bits per heavy atom. The average molecular weight is 461 g/mol. The number of halogens is 1. The lowest BCUT2D eigenvalue weighted by atomic mass is 10.2. The molecule has 0 aliphatic carbocycles. The molecule has 29 heavy (non-hydrogen) atoms. The van der Waals surface area contributed by atoms with Crippen molar-refractivity contribution in [3.05, 3.63) is 22.7 Å². The predicted molar refractivity (Wildman–Crippen MR) is 113 cm³/mol. The van der Waals surface area contributed by atoms with Gasteiger partial charge in [-0.25, -0.2) is 13.1 Å². The van der Waals surface area contributed by atoms with Gasteiger partial charge < -0.3 is 15.7 Å². The minimum atomic E-state index is -4.17. The van der Waals surface area contributed by atoms with E-state index in [1.54, 1.807) is 32.8 Å². The molecule has 1 aromatic carbocycles. The summed E-state index contributed by atoms with van der Waals surface area (Å²) in [5, 5.41) is 8.82. The van der Waals surface area contributed by atoms with Crippen molar-refractivity contribution in [3.63, 3.8) is 0 Å². The first kappa shape index (κ1) is 23.0. The van der Waals surface area contributed by atoms with Gasteiger partial charge in [0.25, 0.3) is 10.0 Å². The Kier molecular flexibility index (Phi) is 7.14. The molecule has 1 atom stereocenters. The molecule has 2 aromatic rings. The lowest BCUT2D eigenvalue weighted by Gasteiger charge is -2.16. The van der Waals surface area contributed by atoms with Crippen LogP contribution in [0.25, 0.3) is 0 Å². The first-order valence-electron chi connectivity index (χ1n) is 8.36. The van der Waals surface area contributed by atoms with Crippen LogP contribution in [0.5, 0.6) is 0 Å². The molecule has 0 aliphatic heterocycles. The Morgan fingerprint density at radius 3 is 2.55 bits per heavy atom. The van der Waals surface area contributed by atoms with Crippen LogP contribution in [0, 0.1) is 6.92 Å². The zero-order valence-corrected chi connectivity index (χ0v) is 18.6. The average Bonchev–Trinajstić information content (AvgIpc) is 2.60. The number of carbonyl (C=O) groups is 1. The van der Waals surface area contributed by atoms with E-state index in [0.29, 0.717) is 17.0 Å². The fraction of sp³-hybridized carbons (Fsp3) is 0.375. The van der Waals surface area contributed by atoms with E-state index in [-0.39, 0.29) is 27.6 Å². The van der Waals surface area contributed by atoms with Crippen LogP contribution in [0.15, 0.2) is 21.9 Å². The highest BCUT2D eigenvalue weighted by molar-refractivity contribution is 8.01. The molecular weight excluding hydrogens is 440 g/mol. The minimum Gasteiger partial charge on any atom is -0.480 e. The summed E-state index contributed by atoms with van der Waals surface area (Å²) in [5.74, 6) is -1.28. The summed E-state index contributed by atoms with van der Waals surface area (Å²) in [5.41, 5.74) is 6.15. The second-order valence-corrected chi connectivity index (χ2v) is 9.52. The summed E-state index contributed by atoms with van der Waals surface area (Å²) in [6, 6.07) is 2.81. The highest BCUT2D eigenvalue weighted by atomic mass is 35.5. The van der Waals surface area contributed by atoms with Crippen LogP contribution >= 0.6 is 23.4 Å². The van der Waals surface area contributed by atoms with Crippen molar-refractivity contribution in [2.75, 3.05) is 29.5 Å². The van der Waals surface area contributed by atoms with Crippen LogP contribution in [-0.2, 0) is 14.8 Å². The third kappa shape index (κ3) is 5.61. The molecule has 2 rings (SSSR count). The summed E-state index contributed by atoms with van der Waals surface area (Å²) < 4.78 is 28.4. The smallest absolute Gasteiger partial charge is 0.316 e. The van der Waals surface area contributed by atoms with Crippen LogP contribution in [0.3, 0.4) is 0 Å². The first-order chi connectivity index (χ1) is 13.4. The molecule has 4 N–H and O–H groups in total. The molecule has 0 unspecified atom stereocenters. The van der Waals surface area contributed by atoms with E-state index in [9.17, 15) is 18.3 Å². The van der Waals surface area contributed by atoms with Gasteiger partial charge in [0.15, 0.2) is 0 Å². The molecule has 1 heterocycles. The summed E-state index contributed by atoms with van der Waals surface area (Å²) in [7, 11) is -0.836. The molecule has 0 fully saturated rings. The zero-order valence-electron chi connectivity index (χ0n) is 16.2. The number of carboxylic acid groups (broad SMARTS) is 1. The Morgan fingerprint density at radius 2 is 2.00 bits per heavy atom. The van der Waals surface area contributed by atoms with Crippen LogP contribution in [0.1, 0.15) is 18.9 Å². The molecule has 10 nitrogen and oxygen atoms in total. The molecule has 0 saturated carbocycles. The Hall–Kier alpha value is -2.31. The van der Waals surface area contributed by atoms with Gasteiger partial charge in [0.2, 0.25) is 17.8 Å². The number of carboxylic acids is 1. The maximum atomic E-state index is 13.0. The van der Waals surface area contributed by atoms with Crippen LogP contribution in [-0.4, -0.2) is 53.8 Å². The van der Waals surface area contributed by atoms with Gasteiger partial charge in [-0.1, -0.05) is 18.5 Å². The number of anilines is 3. The van der Waals surface area contributed by atoms with Gasteiger partial charge in [-0.05, 0) is 31.0 Å². The first-order valence-corrected chi connectivity index (χ1v) is 11.1. The van der Waals surface area contributed by atoms with Crippen molar-refractivity contribution in [1.82, 2.24) is 15.0 Å². The number of aliphatic carboxylic acids is 1. The Labute approximate surface area is 177 Å². The van der Waals surface area contributed by atoms with Crippen molar-refractivity contribution in [2.24, 2.45) is 0 Å². The lowest BCUT2D eigenvalue weighted by Crippen LogP contribution is -2.21. The van der Waals surface area contributed by atoms with E-state index < -0.39 is 21.2 Å². The maximum Gasteiger partial charge on any atom is 0.316 e. The minimum absolute atomic E-state index is 0.130. The summed E-state index contributed by atoms with van der Waals surface area (Å²) in [4.78, 5) is 24.8. The van der Waals surface area contributed by atoms with Gasteiger partial charge in [0.05, 0.1) is 0 Å². The number of rotatable bonds is 8. The molecule has 1 aromatic heterocycles. The number of nitrogen functional groups attached to an aromatic ring is 1. The number of hydrogen-bond acceptors (Lipinski definition) is 9. The zero-order chi connectivity index (χ0) is 21.9.